The number of nitrogen functional groups attached to an aromatic ring is 1. The number of carbonyl (C=O) groups is 1. The summed E-state index contributed by atoms with van der Waals surface area (Å²) in [7, 11) is 0. The number of nitrogens with two attached hydrogens (primary N) is 1. The molecule has 1 aromatic rings. The van der Waals surface area contributed by atoms with Crippen molar-refractivity contribution in [2.24, 2.45) is 0 Å². The van der Waals surface area contributed by atoms with Crippen LogP contribution in [0.25, 0.3) is 0 Å². The molecule has 0 unspecified atom stereocenters. The molecule has 7 heteroatoms. The molecule has 0 bridgehead atoms. The van der Waals surface area contributed by atoms with Gasteiger partial charge in [0.15, 0.2) is 0 Å². The van der Waals surface area contributed by atoms with Gasteiger partial charge in [-0.25, -0.2) is 9.78 Å². The van der Waals surface area contributed by atoms with E-state index in [2.05, 4.69) is 15.6 Å². The number of hydrogen-bond acceptors (Lipinski definition) is 4. The van der Waals surface area contributed by atoms with Crippen LogP contribution in [0.4, 0.5) is 16.3 Å². The van der Waals surface area contributed by atoms with Crippen molar-refractivity contribution in [3.05, 3.63) is 17.3 Å². The number of amides is 1. The van der Waals surface area contributed by atoms with E-state index in [0.29, 0.717) is 16.5 Å². The van der Waals surface area contributed by atoms with Gasteiger partial charge in [-0.2, -0.15) is 0 Å². The van der Waals surface area contributed by atoms with Crippen molar-refractivity contribution < 1.29 is 9.90 Å². The Bertz CT molecular complexity index is 461. The fraction of sp³-hybridized carbons (Fsp3) is 0.500. The highest BCUT2D eigenvalue weighted by atomic mass is 35.5. The summed E-state index contributed by atoms with van der Waals surface area (Å²) in [6.45, 7) is 0. The van der Waals surface area contributed by atoms with Crippen LogP contribution in [0, 0.1) is 0 Å². The number of nitrogens with one attached hydrogen (secondary N) is 2. The third-order valence-corrected chi connectivity index (χ3v) is 3.49. The molecule has 1 aliphatic carbocycles. The molecule has 6 nitrogen and oxygen atoms in total. The number of halogens is 1. The Balaban J connectivity index is 1.87. The number of carboxylic acid groups (broad SMARTS) is 1. The summed E-state index contributed by atoms with van der Waals surface area (Å²) >= 11 is 5.79. The molecule has 1 aromatic heterocycles. The second kappa shape index (κ2) is 5.97. The van der Waals surface area contributed by atoms with Crippen LogP contribution < -0.4 is 16.4 Å². The van der Waals surface area contributed by atoms with Gasteiger partial charge in [-0.15, -0.1) is 0 Å². The molecule has 1 heterocycles. The van der Waals surface area contributed by atoms with Crippen LogP contribution in [-0.2, 0) is 0 Å². The van der Waals surface area contributed by atoms with Gasteiger partial charge in [0, 0.05) is 18.3 Å². The topological polar surface area (TPSA) is 100 Å². The molecule has 5 N–H and O–H groups in total. The van der Waals surface area contributed by atoms with Crippen LogP contribution >= 0.6 is 11.6 Å². The molecule has 1 amide bonds. The molecule has 0 saturated heterocycles. The van der Waals surface area contributed by atoms with Gasteiger partial charge in [0.25, 0.3) is 0 Å². The Labute approximate surface area is 116 Å². The van der Waals surface area contributed by atoms with Crippen molar-refractivity contribution in [1.82, 2.24) is 10.3 Å². The number of rotatable bonds is 3. The first-order chi connectivity index (χ1) is 9.04. The first-order valence-corrected chi connectivity index (χ1v) is 6.59. The molecule has 104 valence electrons. The van der Waals surface area contributed by atoms with E-state index in [9.17, 15) is 4.79 Å². The lowest BCUT2D eigenvalue weighted by Crippen LogP contribution is -2.39. The lowest BCUT2D eigenvalue weighted by Gasteiger charge is -2.29. The average Bonchev–Trinajstić information content (AvgIpc) is 2.34. The molecule has 0 aromatic carbocycles. The average molecular weight is 285 g/mol. The van der Waals surface area contributed by atoms with Gasteiger partial charge in [0.05, 0.1) is 10.7 Å². The van der Waals surface area contributed by atoms with Gasteiger partial charge in [-0.3, -0.25) is 0 Å². The van der Waals surface area contributed by atoms with Gasteiger partial charge in [-0.1, -0.05) is 11.6 Å². The van der Waals surface area contributed by atoms with E-state index in [4.69, 9.17) is 22.4 Å². The molecule has 1 fully saturated rings. The van der Waals surface area contributed by atoms with E-state index >= 15 is 0 Å². The molecule has 19 heavy (non-hydrogen) atoms. The predicted molar refractivity (Wildman–Crippen MR) is 74.5 cm³/mol. The monoisotopic (exact) mass is 284 g/mol. The third kappa shape index (κ3) is 3.89. The van der Waals surface area contributed by atoms with Gasteiger partial charge >= 0.3 is 6.09 Å². The van der Waals surface area contributed by atoms with Crippen LogP contribution in [0.3, 0.4) is 0 Å². The summed E-state index contributed by atoms with van der Waals surface area (Å²) in [5.74, 6) is 0.638. The fourth-order valence-electron chi connectivity index (χ4n) is 2.33. The van der Waals surface area contributed by atoms with Crippen LogP contribution in [0.15, 0.2) is 12.3 Å². The number of aromatic nitrogens is 1. The quantitative estimate of drug-likeness (QED) is 0.682. The molecule has 1 aliphatic rings. The number of nitrogens with zero attached hydrogens (tertiary/aromatic N) is 1. The molecular weight excluding hydrogens is 268 g/mol. The Morgan fingerprint density at radius 3 is 2.58 bits per heavy atom. The van der Waals surface area contributed by atoms with E-state index in [1.165, 1.54) is 0 Å². The lowest BCUT2D eigenvalue weighted by molar-refractivity contribution is 0.185. The SMILES string of the molecule is Nc1cc(Cl)cnc1NC1CCC(NC(=O)O)CC1. The van der Waals surface area contributed by atoms with Gasteiger partial charge in [0.2, 0.25) is 0 Å². The fourth-order valence-corrected chi connectivity index (χ4v) is 2.49. The van der Waals surface area contributed by atoms with Crippen molar-refractivity contribution in [2.45, 2.75) is 37.8 Å². The van der Waals surface area contributed by atoms with Crippen molar-refractivity contribution in [2.75, 3.05) is 11.1 Å². The maximum absolute atomic E-state index is 10.6. The Kier molecular flexibility index (Phi) is 4.31. The minimum absolute atomic E-state index is 0.0473. The van der Waals surface area contributed by atoms with E-state index < -0.39 is 6.09 Å². The molecule has 0 atom stereocenters. The normalized spacial score (nSPS) is 22.8. The summed E-state index contributed by atoms with van der Waals surface area (Å²) in [6, 6.07) is 1.98. The van der Waals surface area contributed by atoms with E-state index in [-0.39, 0.29) is 12.1 Å². The maximum Gasteiger partial charge on any atom is 0.404 e. The predicted octanol–water partition coefficient (Wildman–Crippen LogP) is 2.31. The Morgan fingerprint density at radius 2 is 2.00 bits per heavy atom. The molecule has 0 spiro atoms. The van der Waals surface area contributed by atoms with Crippen LogP contribution in [0.1, 0.15) is 25.7 Å². The summed E-state index contributed by atoms with van der Waals surface area (Å²) in [5.41, 5.74) is 6.36. The third-order valence-electron chi connectivity index (χ3n) is 3.28. The van der Waals surface area contributed by atoms with E-state index in [1.54, 1.807) is 12.3 Å². The largest absolute Gasteiger partial charge is 0.465 e. The molecule has 0 aliphatic heterocycles. The number of pyridine rings is 1. The molecular formula is C12H17ClN4O2. The highest BCUT2D eigenvalue weighted by Gasteiger charge is 2.22. The van der Waals surface area contributed by atoms with Crippen molar-refractivity contribution in [1.29, 1.82) is 0 Å². The first kappa shape index (κ1) is 13.7. The minimum Gasteiger partial charge on any atom is -0.465 e. The van der Waals surface area contributed by atoms with Crippen molar-refractivity contribution in [3.63, 3.8) is 0 Å². The Hall–Kier alpha value is -1.69. The highest BCUT2D eigenvalue weighted by molar-refractivity contribution is 6.30. The Morgan fingerprint density at radius 1 is 1.37 bits per heavy atom. The highest BCUT2D eigenvalue weighted by Crippen LogP contribution is 2.25. The molecule has 2 rings (SSSR count). The zero-order chi connectivity index (χ0) is 13.8. The standard InChI is InChI=1S/C12H17ClN4O2/c13-7-5-10(14)11(15-6-7)16-8-1-3-9(4-2-8)17-12(18)19/h5-6,8-9,17H,1-4,14H2,(H,15,16)(H,18,19). The summed E-state index contributed by atoms with van der Waals surface area (Å²) in [5, 5.41) is 15.0. The zero-order valence-electron chi connectivity index (χ0n) is 10.4. The van der Waals surface area contributed by atoms with Crippen molar-refractivity contribution in [3.8, 4) is 0 Å². The minimum atomic E-state index is -0.958. The van der Waals surface area contributed by atoms with E-state index in [1.807, 2.05) is 0 Å². The zero-order valence-corrected chi connectivity index (χ0v) is 11.2. The summed E-state index contributed by atoms with van der Waals surface area (Å²) in [6.07, 6.45) is 4.00. The van der Waals surface area contributed by atoms with Gasteiger partial charge < -0.3 is 21.5 Å². The van der Waals surface area contributed by atoms with Gasteiger partial charge in [-0.05, 0) is 31.7 Å². The second-order valence-corrected chi connectivity index (χ2v) is 5.17. The van der Waals surface area contributed by atoms with Crippen LogP contribution in [0.2, 0.25) is 5.02 Å². The van der Waals surface area contributed by atoms with Crippen LogP contribution in [-0.4, -0.2) is 28.3 Å². The lowest BCUT2D eigenvalue weighted by atomic mass is 9.91. The maximum atomic E-state index is 10.6. The van der Waals surface area contributed by atoms with Crippen molar-refractivity contribution >= 4 is 29.2 Å². The number of anilines is 2. The number of hydrogen-bond donors (Lipinski definition) is 4. The second-order valence-electron chi connectivity index (χ2n) is 4.73. The summed E-state index contributed by atoms with van der Waals surface area (Å²) in [4.78, 5) is 14.7. The molecule has 1 saturated carbocycles. The van der Waals surface area contributed by atoms with Crippen LogP contribution in [0.5, 0.6) is 0 Å². The first-order valence-electron chi connectivity index (χ1n) is 6.21. The smallest absolute Gasteiger partial charge is 0.404 e. The van der Waals surface area contributed by atoms with E-state index in [0.717, 1.165) is 25.7 Å². The summed E-state index contributed by atoms with van der Waals surface area (Å²) < 4.78 is 0. The van der Waals surface area contributed by atoms with Gasteiger partial charge in [0.1, 0.15) is 5.82 Å². The molecule has 0 radical (unpaired) electrons.